The zero-order valence-corrected chi connectivity index (χ0v) is 15.5. The second-order valence-electron chi connectivity index (χ2n) is 7.41. The van der Waals surface area contributed by atoms with Gasteiger partial charge in [0, 0.05) is 12.8 Å². The molecule has 144 valence electrons. The first-order valence-corrected chi connectivity index (χ1v) is 9.70. The van der Waals surface area contributed by atoms with Gasteiger partial charge in [-0.15, -0.1) is 0 Å². The third-order valence-electron chi connectivity index (χ3n) is 5.61. The Kier molecular flexibility index (Phi) is 4.20. The summed E-state index contributed by atoms with van der Waals surface area (Å²) in [4.78, 5) is 14.6. The van der Waals surface area contributed by atoms with Crippen LogP contribution in [0, 0.1) is 0 Å². The maximum atomic E-state index is 13.2. The fraction of sp³-hybridized carbons (Fsp3) is 0.318. The van der Waals surface area contributed by atoms with Crippen LogP contribution in [0.2, 0.25) is 0 Å². The van der Waals surface area contributed by atoms with Crippen LogP contribution in [0.15, 0.2) is 45.8 Å². The highest BCUT2D eigenvalue weighted by molar-refractivity contribution is 5.85. The molecule has 6 nitrogen and oxygen atoms in total. The lowest BCUT2D eigenvalue weighted by Crippen LogP contribution is -3.08. The molecule has 2 aliphatic heterocycles. The molecular weight excluding hydrogens is 358 g/mol. The van der Waals surface area contributed by atoms with Crippen molar-refractivity contribution in [3.63, 3.8) is 0 Å². The minimum atomic E-state index is -0.115. The van der Waals surface area contributed by atoms with Crippen LogP contribution in [-0.4, -0.2) is 31.4 Å². The number of hydrogen-bond donors (Lipinski definition) is 2. The third-order valence-corrected chi connectivity index (χ3v) is 5.61. The van der Waals surface area contributed by atoms with Crippen LogP contribution in [0.5, 0.6) is 17.2 Å². The van der Waals surface area contributed by atoms with Gasteiger partial charge >= 0.3 is 0 Å². The summed E-state index contributed by atoms with van der Waals surface area (Å²) in [5.74, 6) is 1.50. The number of ether oxygens (including phenoxy) is 2. The molecule has 1 aromatic heterocycles. The van der Waals surface area contributed by atoms with Crippen LogP contribution in [0.3, 0.4) is 0 Å². The summed E-state index contributed by atoms with van der Waals surface area (Å²) in [6, 6.07) is 8.69. The summed E-state index contributed by atoms with van der Waals surface area (Å²) in [5.41, 5.74) is 2.26. The molecule has 28 heavy (non-hydrogen) atoms. The van der Waals surface area contributed by atoms with Gasteiger partial charge in [0.05, 0.1) is 29.6 Å². The maximum Gasteiger partial charge on any atom is 0.200 e. The van der Waals surface area contributed by atoms with Gasteiger partial charge in [0.2, 0.25) is 5.43 Å². The summed E-state index contributed by atoms with van der Waals surface area (Å²) in [7, 11) is 0. The van der Waals surface area contributed by atoms with Crippen LogP contribution in [-0.2, 0) is 6.54 Å². The highest BCUT2D eigenvalue weighted by atomic mass is 16.6. The predicted octanol–water partition coefficient (Wildman–Crippen LogP) is 2.12. The van der Waals surface area contributed by atoms with Crippen molar-refractivity contribution in [1.29, 1.82) is 0 Å². The second kappa shape index (κ2) is 6.87. The molecule has 0 aliphatic carbocycles. The average Bonchev–Trinajstić information content (AvgIpc) is 3.23. The minimum Gasteiger partial charge on any atom is -0.507 e. The van der Waals surface area contributed by atoms with Crippen molar-refractivity contribution in [3.8, 4) is 28.4 Å². The van der Waals surface area contributed by atoms with E-state index in [9.17, 15) is 9.90 Å². The highest BCUT2D eigenvalue weighted by Crippen LogP contribution is 2.34. The standard InChI is InChI=1S/C22H21NO5/c24-18-5-4-15-21(25)17(14-3-6-19-20(11-14)27-10-9-26-19)13-28-22(15)16(18)12-23-7-1-2-8-23/h3-6,11,13,24H,1-2,7-10,12H2/p+1. The Labute approximate surface area is 161 Å². The number of nitrogens with one attached hydrogen (secondary N) is 1. The molecule has 0 amide bonds. The first-order chi connectivity index (χ1) is 13.7. The van der Waals surface area contributed by atoms with Crippen LogP contribution >= 0.6 is 0 Å². The molecule has 5 rings (SSSR count). The summed E-state index contributed by atoms with van der Waals surface area (Å²) >= 11 is 0. The van der Waals surface area contributed by atoms with Gasteiger partial charge in [-0.3, -0.25) is 4.79 Å². The van der Waals surface area contributed by atoms with Crippen molar-refractivity contribution < 1.29 is 23.9 Å². The van der Waals surface area contributed by atoms with Crippen molar-refractivity contribution in [1.82, 2.24) is 0 Å². The molecule has 2 aromatic carbocycles. The number of phenolic OH excluding ortho intramolecular Hbond substituents is 1. The van der Waals surface area contributed by atoms with Gasteiger partial charge in [0.1, 0.15) is 37.4 Å². The summed E-state index contributed by atoms with van der Waals surface area (Å²) in [6.07, 6.45) is 3.87. The van der Waals surface area contributed by atoms with E-state index in [1.807, 2.05) is 18.2 Å². The number of phenols is 1. The Morgan fingerprint density at radius 2 is 1.79 bits per heavy atom. The topological polar surface area (TPSA) is 73.3 Å². The monoisotopic (exact) mass is 380 g/mol. The molecule has 0 bridgehead atoms. The van der Waals surface area contributed by atoms with E-state index in [2.05, 4.69) is 0 Å². The maximum absolute atomic E-state index is 13.2. The Balaban J connectivity index is 1.59. The molecule has 3 aromatic rings. The largest absolute Gasteiger partial charge is 0.507 e. The Hall–Kier alpha value is -2.99. The molecule has 0 radical (unpaired) electrons. The van der Waals surface area contributed by atoms with Gasteiger partial charge < -0.3 is 23.9 Å². The summed E-state index contributed by atoms with van der Waals surface area (Å²) in [6.45, 7) is 3.83. The summed E-state index contributed by atoms with van der Waals surface area (Å²) in [5, 5.41) is 10.9. The molecule has 0 unspecified atom stereocenters. The van der Waals surface area contributed by atoms with Crippen LogP contribution in [0.25, 0.3) is 22.1 Å². The van der Waals surface area contributed by atoms with Crippen molar-refractivity contribution in [3.05, 3.63) is 52.4 Å². The highest BCUT2D eigenvalue weighted by Gasteiger charge is 2.22. The number of hydrogen-bond acceptors (Lipinski definition) is 5. The van der Waals surface area contributed by atoms with Gasteiger partial charge in [-0.1, -0.05) is 6.07 Å². The Morgan fingerprint density at radius 1 is 1.00 bits per heavy atom. The normalized spacial score (nSPS) is 16.6. The number of aromatic hydroxyl groups is 1. The fourth-order valence-electron chi connectivity index (χ4n) is 4.13. The molecule has 0 atom stereocenters. The van der Waals surface area contributed by atoms with E-state index >= 15 is 0 Å². The summed E-state index contributed by atoms with van der Waals surface area (Å²) < 4.78 is 17.1. The zero-order chi connectivity index (χ0) is 19.1. The van der Waals surface area contributed by atoms with Crippen LogP contribution in [0.1, 0.15) is 18.4 Å². The molecule has 1 saturated heterocycles. The smallest absolute Gasteiger partial charge is 0.200 e. The van der Waals surface area contributed by atoms with E-state index in [-0.39, 0.29) is 11.2 Å². The molecule has 6 heteroatoms. The lowest BCUT2D eigenvalue weighted by atomic mass is 10.0. The SMILES string of the molecule is O=c1c(-c2ccc3c(c2)OCCO3)coc2c(C[NH+]3CCCC3)c(O)ccc12. The molecular formula is C22H22NO5+. The molecule has 2 aliphatic rings. The number of quaternary nitrogens is 1. The van der Waals surface area contributed by atoms with E-state index < -0.39 is 0 Å². The van der Waals surface area contributed by atoms with E-state index in [0.29, 0.717) is 53.4 Å². The minimum absolute atomic E-state index is 0.115. The van der Waals surface area contributed by atoms with Crippen LogP contribution in [0.4, 0.5) is 0 Å². The van der Waals surface area contributed by atoms with Crippen LogP contribution < -0.4 is 19.8 Å². The molecule has 2 N–H and O–H groups in total. The van der Waals surface area contributed by atoms with E-state index in [1.165, 1.54) is 24.0 Å². The van der Waals surface area contributed by atoms with E-state index in [0.717, 1.165) is 18.7 Å². The van der Waals surface area contributed by atoms with Gasteiger partial charge in [0.25, 0.3) is 0 Å². The number of benzene rings is 2. The van der Waals surface area contributed by atoms with Gasteiger partial charge in [-0.25, -0.2) is 0 Å². The van der Waals surface area contributed by atoms with Gasteiger partial charge in [-0.2, -0.15) is 0 Å². The first-order valence-electron chi connectivity index (χ1n) is 9.70. The molecule has 1 fully saturated rings. The van der Waals surface area contributed by atoms with Crippen molar-refractivity contribution in [2.75, 3.05) is 26.3 Å². The van der Waals surface area contributed by atoms with E-state index in [4.69, 9.17) is 13.9 Å². The average molecular weight is 380 g/mol. The molecule has 0 spiro atoms. The predicted molar refractivity (Wildman–Crippen MR) is 104 cm³/mol. The van der Waals surface area contributed by atoms with Crippen molar-refractivity contribution in [2.45, 2.75) is 19.4 Å². The number of fused-ring (bicyclic) bond motifs is 2. The Morgan fingerprint density at radius 3 is 2.61 bits per heavy atom. The zero-order valence-electron chi connectivity index (χ0n) is 15.5. The first kappa shape index (κ1) is 17.1. The van der Waals surface area contributed by atoms with Crippen molar-refractivity contribution in [2.24, 2.45) is 0 Å². The lowest BCUT2D eigenvalue weighted by molar-refractivity contribution is -0.901. The molecule has 0 saturated carbocycles. The third kappa shape index (κ3) is 2.90. The number of rotatable bonds is 3. The fourth-order valence-corrected chi connectivity index (χ4v) is 4.13. The van der Waals surface area contributed by atoms with E-state index in [1.54, 1.807) is 12.1 Å². The lowest BCUT2D eigenvalue weighted by Gasteiger charge is -2.19. The second-order valence-corrected chi connectivity index (χ2v) is 7.41. The Bertz CT molecular complexity index is 1100. The quantitative estimate of drug-likeness (QED) is 0.728. The molecule has 3 heterocycles. The van der Waals surface area contributed by atoms with Gasteiger partial charge in [0.15, 0.2) is 11.5 Å². The van der Waals surface area contributed by atoms with Crippen molar-refractivity contribution >= 4 is 11.0 Å². The van der Waals surface area contributed by atoms with Gasteiger partial charge in [-0.05, 0) is 29.8 Å². The number of likely N-dealkylation sites (tertiary alicyclic amines) is 1.